The Morgan fingerprint density at radius 3 is 2.66 bits per heavy atom. The van der Waals surface area contributed by atoms with Gasteiger partial charge in [-0.05, 0) is 48.2 Å². The second kappa shape index (κ2) is 7.57. The smallest absolute Gasteiger partial charge is 0.251 e. The third-order valence-electron chi connectivity index (χ3n) is 4.61. The van der Waals surface area contributed by atoms with Crippen molar-refractivity contribution in [2.24, 2.45) is 0 Å². The number of carbonyl (C=O) groups is 1. The first-order valence-electron chi connectivity index (χ1n) is 8.66. The first-order chi connectivity index (χ1) is 13.8. The van der Waals surface area contributed by atoms with E-state index in [-0.39, 0.29) is 39.0 Å². The molecular weight excluding hydrogens is 418 g/mol. The number of phenols is 1. The number of hydrogen-bond donors (Lipinski definition) is 3. The maximum absolute atomic E-state index is 14.6. The van der Waals surface area contributed by atoms with Gasteiger partial charge in [-0.2, -0.15) is 0 Å². The number of hydrogen-bond acceptors (Lipinski definition) is 4. The minimum atomic E-state index is -0.779. The zero-order chi connectivity index (χ0) is 20.7. The van der Waals surface area contributed by atoms with Crippen LogP contribution in [0.1, 0.15) is 21.5 Å². The van der Waals surface area contributed by atoms with Crippen molar-refractivity contribution in [2.75, 3.05) is 4.72 Å². The summed E-state index contributed by atoms with van der Waals surface area (Å²) in [7, 11) is 0. The SMILES string of the molecule is Cc1ccc2c(c1)-c1cc(c(F)cc1F)NSc1cc(cc(Cl)c1O)C(=O)NC2. The summed E-state index contributed by atoms with van der Waals surface area (Å²) in [6, 6.07) is 10.4. The molecule has 0 radical (unpaired) electrons. The number of phenolic OH excluding ortho intramolecular Hbond substituents is 1. The van der Waals surface area contributed by atoms with Crippen molar-refractivity contribution in [3.05, 3.63) is 75.8 Å². The minimum absolute atomic E-state index is 0.00638. The van der Waals surface area contributed by atoms with Gasteiger partial charge in [0.15, 0.2) is 0 Å². The normalized spacial score (nSPS) is 13.3. The van der Waals surface area contributed by atoms with Gasteiger partial charge in [0.2, 0.25) is 0 Å². The molecule has 4 rings (SSSR count). The summed E-state index contributed by atoms with van der Waals surface area (Å²) in [5, 5.41) is 13.0. The molecule has 1 aliphatic heterocycles. The van der Waals surface area contributed by atoms with Gasteiger partial charge in [-0.25, -0.2) is 8.78 Å². The number of benzene rings is 3. The second-order valence-corrected chi connectivity index (χ2v) is 7.92. The Hall–Kier alpha value is -2.77. The maximum Gasteiger partial charge on any atom is 0.251 e. The number of anilines is 1. The van der Waals surface area contributed by atoms with E-state index in [9.17, 15) is 18.7 Å². The van der Waals surface area contributed by atoms with Crippen LogP contribution in [0.5, 0.6) is 5.75 Å². The van der Waals surface area contributed by atoms with Crippen molar-refractivity contribution in [3.8, 4) is 16.9 Å². The monoisotopic (exact) mass is 432 g/mol. The van der Waals surface area contributed by atoms with Crippen molar-refractivity contribution in [1.29, 1.82) is 0 Å². The van der Waals surface area contributed by atoms with Crippen molar-refractivity contribution in [1.82, 2.24) is 5.32 Å². The fourth-order valence-electron chi connectivity index (χ4n) is 3.10. The highest BCUT2D eigenvalue weighted by molar-refractivity contribution is 8.00. The highest BCUT2D eigenvalue weighted by Crippen LogP contribution is 2.38. The molecule has 148 valence electrons. The number of aryl methyl sites for hydroxylation is 1. The molecule has 0 aliphatic carbocycles. The summed E-state index contributed by atoms with van der Waals surface area (Å²) >= 11 is 6.92. The van der Waals surface area contributed by atoms with Crippen molar-refractivity contribution in [3.63, 3.8) is 0 Å². The topological polar surface area (TPSA) is 61.4 Å². The molecule has 4 nitrogen and oxygen atoms in total. The summed E-state index contributed by atoms with van der Waals surface area (Å²) in [4.78, 5) is 12.9. The van der Waals surface area contributed by atoms with Crippen molar-refractivity contribution < 1.29 is 18.7 Å². The first kappa shape index (κ1) is 19.5. The fourth-order valence-corrected chi connectivity index (χ4v) is 4.14. The number of aromatic hydroxyl groups is 1. The molecule has 0 atom stereocenters. The molecule has 29 heavy (non-hydrogen) atoms. The largest absolute Gasteiger partial charge is 0.505 e. The Bertz CT molecular complexity index is 1150. The van der Waals surface area contributed by atoms with E-state index >= 15 is 0 Å². The van der Waals surface area contributed by atoms with E-state index in [0.29, 0.717) is 11.1 Å². The predicted octanol–water partition coefficient (Wildman–Crippen LogP) is 5.66. The highest BCUT2D eigenvalue weighted by Gasteiger charge is 2.19. The van der Waals surface area contributed by atoms with Gasteiger partial charge >= 0.3 is 0 Å². The molecule has 3 aromatic carbocycles. The lowest BCUT2D eigenvalue weighted by atomic mass is 9.96. The molecule has 3 aromatic rings. The van der Waals surface area contributed by atoms with Crippen LogP contribution in [0.3, 0.4) is 0 Å². The van der Waals surface area contributed by atoms with Gasteiger partial charge in [0.1, 0.15) is 17.4 Å². The molecule has 1 aliphatic rings. The van der Waals surface area contributed by atoms with Gasteiger partial charge in [-0.15, -0.1) is 0 Å². The van der Waals surface area contributed by atoms with Crippen LogP contribution in [0, 0.1) is 18.6 Å². The first-order valence-corrected chi connectivity index (χ1v) is 9.85. The average molecular weight is 433 g/mol. The second-order valence-electron chi connectivity index (χ2n) is 6.66. The van der Waals surface area contributed by atoms with E-state index in [1.54, 1.807) is 12.1 Å². The van der Waals surface area contributed by atoms with Gasteiger partial charge in [0.25, 0.3) is 5.91 Å². The molecule has 0 fully saturated rings. The fraction of sp³-hybridized carbons (Fsp3) is 0.0952. The minimum Gasteiger partial charge on any atom is -0.505 e. The quantitative estimate of drug-likeness (QED) is 0.401. The molecule has 4 bridgehead atoms. The zero-order valence-electron chi connectivity index (χ0n) is 15.1. The zero-order valence-corrected chi connectivity index (χ0v) is 16.7. The van der Waals surface area contributed by atoms with Gasteiger partial charge in [-0.1, -0.05) is 35.4 Å². The van der Waals surface area contributed by atoms with Crippen LogP contribution in [-0.4, -0.2) is 11.0 Å². The summed E-state index contributed by atoms with van der Waals surface area (Å²) in [6.45, 7) is 2.00. The predicted molar refractivity (Wildman–Crippen MR) is 110 cm³/mol. The van der Waals surface area contributed by atoms with E-state index in [0.717, 1.165) is 23.6 Å². The Labute approximate surface area is 175 Å². The number of nitrogens with one attached hydrogen (secondary N) is 2. The Morgan fingerprint density at radius 1 is 1.07 bits per heavy atom. The van der Waals surface area contributed by atoms with Crippen LogP contribution >= 0.6 is 23.5 Å². The number of fused-ring (bicyclic) bond motifs is 6. The van der Waals surface area contributed by atoms with Crippen molar-refractivity contribution >= 4 is 35.1 Å². The van der Waals surface area contributed by atoms with Gasteiger partial charge in [-0.3, -0.25) is 4.79 Å². The van der Waals surface area contributed by atoms with E-state index in [1.807, 2.05) is 13.0 Å². The van der Waals surface area contributed by atoms with Crippen LogP contribution in [0.2, 0.25) is 5.02 Å². The highest BCUT2D eigenvalue weighted by atomic mass is 35.5. The summed E-state index contributed by atoms with van der Waals surface area (Å²) in [5.74, 6) is -2.13. The van der Waals surface area contributed by atoms with Gasteiger partial charge < -0.3 is 15.1 Å². The molecule has 8 heteroatoms. The van der Waals surface area contributed by atoms with Crippen LogP contribution in [0.25, 0.3) is 11.1 Å². The van der Waals surface area contributed by atoms with E-state index in [4.69, 9.17) is 11.6 Å². The van der Waals surface area contributed by atoms with Crippen LogP contribution in [-0.2, 0) is 6.54 Å². The number of carbonyl (C=O) groups excluding carboxylic acids is 1. The van der Waals surface area contributed by atoms with Crippen LogP contribution < -0.4 is 10.0 Å². The third-order valence-corrected chi connectivity index (χ3v) is 5.75. The molecular formula is C21H15ClF2N2O2S. The lowest BCUT2D eigenvalue weighted by Gasteiger charge is -2.14. The Balaban J connectivity index is 1.91. The van der Waals surface area contributed by atoms with Crippen LogP contribution in [0.4, 0.5) is 14.5 Å². The third kappa shape index (κ3) is 3.75. The van der Waals surface area contributed by atoms with Crippen LogP contribution in [0.15, 0.2) is 47.4 Å². The summed E-state index contributed by atoms with van der Waals surface area (Å²) in [5.41, 5.74) is 2.62. The summed E-state index contributed by atoms with van der Waals surface area (Å²) in [6.07, 6.45) is 0. The Kier molecular flexibility index (Phi) is 5.10. The van der Waals surface area contributed by atoms with E-state index in [2.05, 4.69) is 10.0 Å². The molecule has 3 N–H and O–H groups in total. The molecule has 1 amide bonds. The number of amides is 1. The molecule has 0 saturated carbocycles. The van der Waals surface area contributed by atoms with Gasteiger partial charge in [0, 0.05) is 23.7 Å². The Morgan fingerprint density at radius 2 is 1.86 bits per heavy atom. The molecule has 1 heterocycles. The number of rotatable bonds is 0. The molecule has 0 spiro atoms. The van der Waals surface area contributed by atoms with E-state index < -0.39 is 17.5 Å². The standard InChI is InChI=1S/C21H15ClF2N2O2S/c1-10-2-3-11-9-25-21(28)12-5-15(22)20(27)19(6-12)29-26-18-7-14(13(11)4-10)16(23)8-17(18)24/h2-8,26-27H,9H2,1H3,(H,25,28). The lowest BCUT2D eigenvalue weighted by Crippen LogP contribution is -2.23. The molecule has 0 unspecified atom stereocenters. The molecule has 0 aromatic heterocycles. The van der Waals surface area contributed by atoms with E-state index in [1.165, 1.54) is 18.2 Å². The summed E-state index contributed by atoms with van der Waals surface area (Å²) < 4.78 is 31.8. The lowest BCUT2D eigenvalue weighted by molar-refractivity contribution is 0.0950. The maximum atomic E-state index is 14.6. The van der Waals surface area contributed by atoms with Gasteiger partial charge in [0.05, 0.1) is 15.6 Å². The average Bonchev–Trinajstić information content (AvgIpc) is 2.69. The van der Waals surface area contributed by atoms with Crippen molar-refractivity contribution in [2.45, 2.75) is 18.4 Å². The molecule has 0 saturated heterocycles. The number of halogens is 3.